The first-order valence-electron chi connectivity index (χ1n) is 18.5. The monoisotopic (exact) mass is 800 g/mol. The van der Waals surface area contributed by atoms with Crippen LogP contribution in [0, 0.1) is 0 Å². The summed E-state index contributed by atoms with van der Waals surface area (Å²) in [7, 11) is -2.01. The van der Waals surface area contributed by atoms with Crippen LogP contribution in [-0.2, 0) is 20.0 Å². The number of allylic oxidation sites excluding steroid dienone is 2. The molecule has 2 fully saturated rings. The minimum atomic E-state index is -3.11. The van der Waals surface area contributed by atoms with Gasteiger partial charge < -0.3 is 0 Å². The molecule has 0 aromatic heterocycles. The zero-order chi connectivity index (χ0) is 32.7. The molecule has 47 heavy (non-hydrogen) atoms. The van der Waals surface area contributed by atoms with E-state index in [0.29, 0.717) is 19.2 Å². The summed E-state index contributed by atoms with van der Waals surface area (Å²) < 4.78 is 7.04. The maximum absolute atomic E-state index is 3.11. The van der Waals surface area contributed by atoms with Crippen LogP contribution in [0.2, 0.25) is 21.4 Å². The average Bonchev–Trinajstić information content (AvgIpc) is 3.69. The zero-order valence-corrected chi connectivity index (χ0v) is 34.3. The molecule has 8 rings (SSSR count). The van der Waals surface area contributed by atoms with Gasteiger partial charge in [0.05, 0.1) is 0 Å². The molecule has 0 N–H and O–H groups in total. The summed E-state index contributed by atoms with van der Waals surface area (Å²) in [6, 6.07) is 33.6. The van der Waals surface area contributed by atoms with Crippen LogP contribution in [0.5, 0.6) is 0 Å². The van der Waals surface area contributed by atoms with Crippen molar-refractivity contribution in [2.75, 3.05) is 0 Å². The summed E-state index contributed by atoms with van der Waals surface area (Å²) in [6.45, 7) is 12.1. The van der Waals surface area contributed by atoms with Gasteiger partial charge in [-0.3, -0.25) is 0 Å². The Labute approximate surface area is 289 Å². The molecule has 0 nitrogen and oxygen atoms in total. The van der Waals surface area contributed by atoms with E-state index in [9.17, 15) is 0 Å². The first kappa shape index (κ1) is 31.7. The fraction of sp³-hybridized carbons (Fsp3) is 0.378. The Morgan fingerprint density at radius 2 is 1.04 bits per heavy atom. The fourth-order valence-corrected chi connectivity index (χ4v) is 43.3. The van der Waals surface area contributed by atoms with Crippen molar-refractivity contribution in [3.8, 4) is 22.3 Å². The Hall–Kier alpha value is -2.55. The summed E-state index contributed by atoms with van der Waals surface area (Å²) >= 11 is -3.11. The van der Waals surface area contributed by atoms with Crippen molar-refractivity contribution in [2.24, 2.45) is 0 Å². The minimum absolute atomic E-state index is 0.537. The van der Waals surface area contributed by atoms with Crippen LogP contribution in [0.15, 0.2) is 95.3 Å². The summed E-state index contributed by atoms with van der Waals surface area (Å²) in [4.78, 5) is 0. The van der Waals surface area contributed by atoms with Gasteiger partial charge in [-0.2, -0.15) is 0 Å². The third-order valence-corrected chi connectivity index (χ3v) is 35.7. The SMILES string of the molecule is CC(C)c1cccc(-c2cccc3c2C=C2[CH]3[Hf]([CH3])([CH3])[CH]3C(=Cc4c(-c5cccc(C(C)C)c5)cccc43)[Si]2(C)C2CCCCC2)c1. The topological polar surface area (TPSA) is 0 Å². The Morgan fingerprint density at radius 3 is 1.49 bits per heavy atom. The van der Waals surface area contributed by atoms with Gasteiger partial charge in [-0.1, -0.05) is 0 Å². The normalized spacial score (nSPS) is 24.4. The second-order valence-electron chi connectivity index (χ2n) is 16.6. The molecule has 0 spiro atoms. The molecule has 2 heteroatoms. The van der Waals surface area contributed by atoms with E-state index in [0.717, 1.165) is 5.54 Å². The van der Waals surface area contributed by atoms with Gasteiger partial charge >= 0.3 is 292 Å². The van der Waals surface area contributed by atoms with Crippen molar-refractivity contribution in [1.29, 1.82) is 0 Å². The molecule has 4 aliphatic rings. The Balaban J connectivity index is 1.35. The molecule has 1 heterocycles. The van der Waals surface area contributed by atoms with Crippen molar-refractivity contribution in [3.05, 3.63) is 129 Å². The van der Waals surface area contributed by atoms with E-state index in [-0.39, 0.29) is 0 Å². The molecule has 4 aromatic rings. The second-order valence-corrected chi connectivity index (χ2v) is 38.2. The van der Waals surface area contributed by atoms with Crippen molar-refractivity contribution < 1.29 is 20.0 Å². The molecule has 0 amide bonds. The van der Waals surface area contributed by atoms with E-state index < -0.39 is 28.0 Å². The van der Waals surface area contributed by atoms with Crippen molar-refractivity contribution in [2.45, 2.75) is 100 Å². The standard InChI is InChI=1S/C43H46Si.2CH3.Hf/c1-29(2)31-13-9-15-33(23-31)40-21-11-17-35-25-38(27-42(35)40)44(5,37-19-7-6-8-20-37)39-26-36-18-12-22-41(43(36)28-39)34-16-10-14-32(24-34)30(3)4;;;/h9-18,21-30,37H,6-8,19-20H2,1-5H3;2*1H3;. The first-order chi connectivity index (χ1) is 22.6. The Bertz CT molecular complexity index is 1800. The van der Waals surface area contributed by atoms with Gasteiger partial charge in [-0.15, -0.1) is 0 Å². The number of fused-ring (bicyclic) bond motifs is 6. The Kier molecular flexibility index (Phi) is 7.96. The molecule has 0 bridgehead atoms. The van der Waals surface area contributed by atoms with E-state index in [4.69, 9.17) is 0 Å². The predicted molar refractivity (Wildman–Crippen MR) is 204 cm³/mol. The molecule has 2 unspecified atom stereocenters. The van der Waals surface area contributed by atoms with E-state index in [1.165, 1.54) is 65.5 Å². The molecule has 3 aliphatic carbocycles. The molecular formula is C45H52HfSi. The molecule has 1 saturated heterocycles. The summed E-state index contributed by atoms with van der Waals surface area (Å²) in [5.41, 5.74) is 16.0. The third kappa shape index (κ3) is 4.90. The second kappa shape index (κ2) is 11.8. The third-order valence-electron chi connectivity index (χ3n) is 13.0. The van der Waals surface area contributed by atoms with Crippen LogP contribution in [0.3, 0.4) is 0 Å². The van der Waals surface area contributed by atoms with Crippen LogP contribution in [0.4, 0.5) is 0 Å². The van der Waals surface area contributed by atoms with Crippen LogP contribution in [-0.4, -0.2) is 8.07 Å². The molecule has 1 aliphatic heterocycles. The number of hydrogen-bond donors (Lipinski definition) is 0. The molecule has 240 valence electrons. The maximum atomic E-state index is 2.85. The van der Waals surface area contributed by atoms with Gasteiger partial charge in [0.15, 0.2) is 0 Å². The quantitative estimate of drug-likeness (QED) is 0.176. The van der Waals surface area contributed by atoms with Crippen molar-refractivity contribution in [3.63, 3.8) is 0 Å². The number of hydrogen-bond acceptors (Lipinski definition) is 0. The molecule has 2 atom stereocenters. The van der Waals surface area contributed by atoms with E-state index in [1.54, 1.807) is 22.3 Å². The summed E-state index contributed by atoms with van der Waals surface area (Å²) in [5, 5.41) is 3.86. The van der Waals surface area contributed by atoms with Gasteiger partial charge in [0.1, 0.15) is 0 Å². The average molecular weight is 799 g/mol. The zero-order valence-electron chi connectivity index (χ0n) is 29.7. The van der Waals surface area contributed by atoms with E-state index in [1.807, 2.05) is 10.4 Å². The molecule has 0 radical (unpaired) electrons. The van der Waals surface area contributed by atoms with Crippen LogP contribution in [0.1, 0.15) is 112 Å². The van der Waals surface area contributed by atoms with Crippen LogP contribution < -0.4 is 0 Å². The van der Waals surface area contributed by atoms with E-state index >= 15 is 0 Å². The predicted octanol–water partition coefficient (Wildman–Crippen LogP) is 13.6. The summed E-state index contributed by atoms with van der Waals surface area (Å²) in [5.74, 6) is 1.07. The number of benzene rings is 4. The van der Waals surface area contributed by atoms with Gasteiger partial charge in [-0.05, 0) is 0 Å². The van der Waals surface area contributed by atoms with Gasteiger partial charge in [0, 0.05) is 0 Å². The molecular weight excluding hydrogens is 747 g/mol. The Morgan fingerprint density at radius 1 is 0.596 bits per heavy atom. The van der Waals surface area contributed by atoms with Gasteiger partial charge in [-0.25, -0.2) is 0 Å². The number of rotatable bonds is 5. The first-order valence-corrected chi connectivity index (χ1v) is 32.4. The molecule has 4 aromatic carbocycles. The van der Waals surface area contributed by atoms with Crippen molar-refractivity contribution >= 4 is 20.2 Å². The van der Waals surface area contributed by atoms with Gasteiger partial charge in [0.2, 0.25) is 0 Å². The van der Waals surface area contributed by atoms with E-state index in [2.05, 4.69) is 141 Å². The van der Waals surface area contributed by atoms with Crippen LogP contribution in [0.25, 0.3) is 34.4 Å². The van der Waals surface area contributed by atoms with Gasteiger partial charge in [0.25, 0.3) is 0 Å². The summed E-state index contributed by atoms with van der Waals surface area (Å²) in [6.07, 6.45) is 12.7. The van der Waals surface area contributed by atoms with Crippen molar-refractivity contribution in [1.82, 2.24) is 0 Å². The fourth-order valence-electron chi connectivity index (χ4n) is 10.4. The van der Waals surface area contributed by atoms with Crippen LogP contribution >= 0.6 is 0 Å². The molecule has 1 saturated carbocycles.